The van der Waals surface area contributed by atoms with Gasteiger partial charge in [-0.25, -0.2) is 4.79 Å². The highest BCUT2D eigenvalue weighted by Crippen LogP contribution is 2.30. The third kappa shape index (κ3) is 5.08. The van der Waals surface area contributed by atoms with Crippen molar-refractivity contribution in [2.24, 2.45) is 5.41 Å². The zero-order valence-corrected chi connectivity index (χ0v) is 17.3. The molecule has 1 heterocycles. The van der Waals surface area contributed by atoms with Crippen molar-refractivity contribution in [3.8, 4) is 5.75 Å². The molecule has 6 nitrogen and oxygen atoms in total. The smallest absolute Gasteiger partial charge is 0.321 e. The lowest BCUT2D eigenvalue weighted by molar-refractivity contribution is -0.132. The van der Waals surface area contributed by atoms with Gasteiger partial charge in [-0.1, -0.05) is 30.3 Å². The highest BCUT2D eigenvalue weighted by molar-refractivity contribution is 5.91. The summed E-state index contributed by atoms with van der Waals surface area (Å²) < 4.78 is 5.23. The van der Waals surface area contributed by atoms with E-state index in [1.807, 2.05) is 62.4 Å². The van der Waals surface area contributed by atoms with Crippen LogP contribution >= 0.6 is 0 Å². The van der Waals surface area contributed by atoms with Gasteiger partial charge < -0.3 is 20.3 Å². The first kappa shape index (κ1) is 20.7. The van der Waals surface area contributed by atoms with Crippen molar-refractivity contribution < 1.29 is 14.3 Å². The summed E-state index contributed by atoms with van der Waals surface area (Å²) in [6.45, 7) is 5.37. The van der Waals surface area contributed by atoms with E-state index in [9.17, 15) is 9.59 Å². The molecule has 3 rings (SSSR count). The Labute approximate surface area is 172 Å². The number of carbonyl (C=O) groups is 2. The van der Waals surface area contributed by atoms with E-state index in [-0.39, 0.29) is 11.9 Å². The first-order chi connectivity index (χ1) is 13.9. The van der Waals surface area contributed by atoms with Crippen LogP contribution in [-0.2, 0) is 11.3 Å². The van der Waals surface area contributed by atoms with Crippen LogP contribution in [0, 0.1) is 12.3 Å². The van der Waals surface area contributed by atoms with E-state index in [4.69, 9.17) is 4.74 Å². The first-order valence-corrected chi connectivity index (χ1v) is 9.94. The number of methoxy groups -OCH3 is 1. The number of para-hydroxylation sites is 1. The lowest BCUT2D eigenvalue weighted by Crippen LogP contribution is -2.52. The van der Waals surface area contributed by atoms with Crippen molar-refractivity contribution in [2.45, 2.75) is 33.2 Å². The summed E-state index contributed by atoms with van der Waals surface area (Å²) in [5.41, 5.74) is 2.18. The summed E-state index contributed by atoms with van der Waals surface area (Å²) in [7, 11) is 1.62. The fraction of sp³-hybridized carbons (Fsp3) is 0.391. The zero-order valence-electron chi connectivity index (χ0n) is 17.3. The van der Waals surface area contributed by atoms with Crippen LogP contribution in [0.2, 0.25) is 0 Å². The summed E-state index contributed by atoms with van der Waals surface area (Å²) in [5, 5.41) is 5.99. The number of anilines is 1. The minimum absolute atomic E-state index is 0.0336. The predicted molar refractivity (Wildman–Crippen MR) is 114 cm³/mol. The van der Waals surface area contributed by atoms with Crippen LogP contribution in [0.1, 0.15) is 30.9 Å². The van der Waals surface area contributed by atoms with Crippen LogP contribution in [0.4, 0.5) is 10.5 Å². The second-order valence-electron chi connectivity index (χ2n) is 7.87. The number of ether oxygens (including phenoxy) is 1. The van der Waals surface area contributed by atoms with Crippen LogP contribution in [-0.4, -0.2) is 37.0 Å². The molecule has 0 spiro atoms. The van der Waals surface area contributed by atoms with E-state index in [2.05, 4.69) is 10.6 Å². The molecule has 154 valence electrons. The second-order valence-corrected chi connectivity index (χ2v) is 7.87. The number of piperidine rings is 1. The quantitative estimate of drug-likeness (QED) is 0.805. The molecule has 0 bridgehead atoms. The number of rotatable bonds is 5. The Morgan fingerprint density at radius 3 is 2.72 bits per heavy atom. The van der Waals surface area contributed by atoms with Gasteiger partial charge in [0.15, 0.2) is 0 Å². The van der Waals surface area contributed by atoms with Crippen LogP contribution in [0.3, 0.4) is 0 Å². The third-order valence-corrected chi connectivity index (χ3v) is 5.51. The molecular formula is C23H29N3O3. The molecule has 0 unspecified atom stereocenters. The van der Waals surface area contributed by atoms with E-state index >= 15 is 0 Å². The second kappa shape index (κ2) is 8.99. The SMILES string of the molecule is COc1cccc(CNC(=O)[C@@]2(C)CCCN(C(=O)Nc3ccccc3C)C2)c1. The molecule has 3 amide bonds. The number of hydrogen-bond acceptors (Lipinski definition) is 3. The van der Waals surface area contributed by atoms with E-state index in [0.717, 1.165) is 35.4 Å². The van der Waals surface area contributed by atoms with Crippen molar-refractivity contribution in [2.75, 3.05) is 25.5 Å². The highest BCUT2D eigenvalue weighted by Gasteiger charge is 2.39. The van der Waals surface area contributed by atoms with Crippen molar-refractivity contribution >= 4 is 17.6 Å². The topological polar surface area (TPSA) is 70.7 Å². The van der Waals surface area contributed by atoms with Gasteiger partial charge in [0.05, 0.1) is 12.5 Å². The molecule has 1 saturated heterocycles. The number of nitrogens with one attached hydrogen (secondary N) is 2. The third-order valence-electron chi connectivity index (χ3n) is 5.51. The van der Waals surface area contributed by atoms with Gasteiger partial charge in [0.2, 0.25) is 5.91 Å². The minimum Gasteiger partial charge on any atom is -0.497 e. The van der Waals surface area contributed by atoms with Gasteiger partial charge in [-0.15, -0.1) is 0 Å². The van der Waals surface area contributed by atoms with Gasteiger partial charge in [0, 0.05) is 25.3 Å². The Morgan fingerprint density at radius 1 is 1.17 bits per heavy atom. The summed E-state index contributed by atoms with van der Waals surface area (Å²) in [6.07, 6.45) is 1.55. The number of amides is 3. The van der Waals surface area contributed by atoms with Crippen molar-refractivity contribution in [3.63, 3.8) is 0 Å². The molecular weight excluding hydrogens is 366 g/mol. The molecule has 1 aliphatic rings. The maximum Gasteiger partial charge on any atom is 0.321 e. The summed E-state index contributed by atoms with van der Waals surface area (Å²) in [4.78, 5) is 27.4. The zero-order chi connectivity index (χ0) is 20.9. The highest BCUT2D eigenvalue weighted by atomic mass is 16.5. The molecule has 0 radical (unpaired) electrons. The maximum absolute atomic E-state index is 12.9. The van der Waals surface area contributed by atoms with Gasteiger partial charge in [-0.05, 0) is 56.0 Å². The van der Waals surface area contributed by atoms with Crippen LogP contribution in [0.15, 0.2) is 48.5 Å². The van der Waals surface area contributed by atoms with Crippen LogP contribution in [0.5, 0.6) is 5.75 Å². The predicted octanol–water partition coefficient (Wildman–Crippen LogP) is 3.95. The fourth-order valence-corrected chi connectivity index (χ4v) is 3.68. The van der Waals surface area contributed by atoms with E-state index < -0.39 is 5.41 Å². The van der Waals surface area contributed by atoms with Gasteiger partial charge in [-0.2, -0.15) is 0 Å². The summed E-state index contributed by atoms with van der Waals surface area (Å²) in [5.74, 6) is 0.730. The van der Waals surface area contributed by atoms with Gasteiger partial charge in [0.25, 0.3) is 0 Å². The van der Waals surface area contributed by atoms with Gasteiger partial charge >= 0.3 is 6.03 Å². The van der Waals surface area contributed by atoms with Crippen molar-refractivity contribution in [3.05, 3.63) is 59.7 Å². The lowest BCUT2D eigenvalue weighted by Gasteiger charge is -2.39. The average molecular weight is 396 g/mol. The number of urea groups is 1. The molecule has 2 aromatic rings. The van der Waals surface area contributed by atoms with E-state index in [0.29, 0.717) is 19.6 Å². The van der Waals surface area contributed by atoms with Crippen LogP contribution < -0.4 is 15.4 Å². The standard InChI is InChI=1S/C23H29N3O3/c1-17-8-4-5-11-20(17)25-22(28)26-13-7-12-23(2,16-26)21(27)24-15-18-9-6-10-19(14-18)29-3/h4-6,8-11,14H,7,12-13,15-16H2,1-3H3,(H,24,27)(H,25,28)/t23-/m0/s1. The van der Waals surface area contributed by atoms with E-state index in [1.54, 1.807) is 12.0 Å². The Balaban J connectivity index is 1.60. The number of nitrogens with zero attached hydrogens (tertiary/aromatic N) is 1. The van der Waals surface area contributed by atoms with E-state index in [1.165, 1.54) is 0 Å². The number of carbonyl (C=O) groups excluding carboxylic acids is 2. The van der Waals surface area contributed by atoms with Crippen LogP contribution in [0.25, 0.3) is 0 Å². The minimum atomic E-state index is -0.611. The van der Waals surface area contributed by atoms with Crippen molar-refractivity contribution in [1.29, 1.82) is 0 Å². The molecule has 29 heavy (non-hydrogen) atoms. The van der Waals surface area contributed by atoms with Gasteiger partial charge in [-0.3, -0.25) is 4.79 Å². The molecule has 1 aliphatic heterocycles. The molecule has 2 aromatic carbocycles. The molecule has 2 N–H and O–H groups in total. The van der Waals surface area contributed by atoms with Gasteiger partial charge in [0.1, 0.15) is 5.75 Å². The molecule has 1 fully saturated rings. The number of aryl methyl sites for hydroxylation is 1. The first-order valence-electron chi connectivity index (χ1n) is 9.94. The molecule has 6 heteroatoms. The largest absolute Gasteiger partial charge is 0.497 e. The number of likely N-dealkylation sites (tertiary alicyclic amines) is 1. The lowest BCUT2D eigenvalue weighted by atomic mass is 9.81. The summed E-state index contributed by atoms with van der Waals surface area (Å²) in [6, 6.07) is 15.2. The molecule has 0 saturated carbocycles. The summed E-state index contributed by atoms with van der Waals surface area (Å²) >= 11 is 0. The normalized spacial score (nSPS) is 18.8. The Hall–Kier alpha value is -3.02. The number of hydrogen-bond donors (Lipinski definition) is 2. The monoisotopic (exact) mass is 395 g/mol. The maximum atomic E-state index is 12.9. The number of benzene rings is 2. The molecule has 1 atom stereocenters. The Kier molecular flexibility index (Phi) is 6.42. The molecule has 0 aromatic heterocycles. The Bertz CT molecular complexity index is 883. The fourth-order valence-electron chi connectivity index (χ4n) is 3.68. The van der Waals surface area contributed by atoms with Crippen molar-refractivity contribution in [1.82, 2.24) is 10.2 Å². The Morgan fingerprint density at radius 2 is 1.97 bits per heavy atom. The molecule has 0 aliphatic carbocycles. The average Bonchev–Trinajstić information content (AvgIpc) is 2.73.